The molecule has 1 aliphatic heterocycles. The molecule has 3 aliphatic carbocycles. The van der Waals surface area contributed by atoms with E-state index >= 15 is 0 Å². The maximum Gasteiger partial charge on any atom is 0.243 e. The second kappa shape index (κ2) is 4.64. The molecule has 0 unspecified atom stereocenters. The number of nitrogens with one attached hydrogen (secondary N) is 2. The maximum atomic E-state index is 12.6. The fourth-order valence-corrected chi connectivity index (χ4v) is 5.76. The van der Waals surface area contributed by atoms with Gasteiger partial charge in [-0.1, -0.05) is 12.1 Å². The first-order valence-corrected chi connectivity index (χ1v) is 9.47. The predicted octanol–water partition coefficient (Wildman–Crippen LogP) is 2.07. The molecule has 0 atom stereocenters. The summed E-state index contributed by atoms with van der Waals surface area (Å²) < 4.78 is 28.0. The molecule has 0 amide bonds. The van der Waals surface area contributed by atoms with Gasteiger partial charge in [0, 0.05) is 11.0 Å². The molecule has 128 valence electrons. The number of hydrogen-bond acceptors (Lipinski definition) is 6. The van der Waals surface area contributed by atoms with Crippen LogP contribution in [0.2, 0.25) is 0 Å². The summed E-state index contributed by atoms with van der Waals surface area (Å²) in [6, 6.07) is 6.00. The molecule has 0 saturated heterocycles. The van der Waals surface area contributed by atoms with Crippen LogP contribution >= 0.6 is 0 Å². The van der Waals surface area contributed by atoms with E-state index in [1.54, 1.807) is 12.1 Å². The van der Waals surface area contributed by atoms with Gasteiger partial charge in [0.25, 0.3) is 0 Å². The van der Waals surface area contributed by atoms with Crippen LogP contribution in [0, 0.1) is 10.3 Å². The summed E-state index contributed by atoms with van der Waals surface area (Å²) in [6.07, 6.45) is 2.24. The molecule has 1 aromatic carbocycles. The Balaban J connectivity index is 1.49. The summed E-state index contributed by atoms with van der Waals surface area (Å²) in [5, 5.41) is 6.27. The van der Waals surface area contributed by atoms with E-state index in [0.29, 0.717) is 0 Å². The van der Waals surface area contributed by atoms with Crippen molar-refractivity contribution < 1.29 is 8.42 Å². The number of nitrogens with zero attached hydrogens (tertiary/aromatic N) is 2. The normalized spacial score (nSPS) is 33.0. The fraction of sp³-hybridized carbons (Fsp3) is 0.562. The molecule has 0 radical (unpaired) electrons. The Morgan fingerprint density at radius 1 is 1.21 bits per heavy atom. The van der Waals surface area contributed by atoms with Crippen molar-refractivity contribution >= 4 is 21.5 Å². The third-order valence-electron chi connectivity index (χ3n) is 5.23. The summed E-state index contributed by atoms with van der Waals surface area (Å²) in [7, 11) is -3.76. The van der Waals surface area contributed by atoms with E-state index in [0.717, 1.165) is 31.6 Å². The Labute approximate surface area is 141 Å². The van der Waals surface area contributed by atoms with Gasteiger partial charge in [0.15, 0.2) is 0 Å². The highest BCUT2D eigenvalue weighted by Gasteiger charge is 2.72. The van der Waals surface area contributed by atoms with Crippen LogP contribution < -0.4 is 10.0 Å². The molecule has 0 aromatic heterocycles. The van der Waals surface area contributed by atoms with Crippen LogP contribution in [0.25, 0.3) is 0 Å². The van der Waals surface area contributed by atoms with Gasteiger partial charge in [0.2, 0.25) is 10.0 Å². The lowest BCUT2D eigenvalue weighted by atomic mass is 9.39. The van der Waals surface area contributed by atoms with Crippen molar-refractivity contribution in [3.8, 4) is 0 Å². The van der Waals surface area contributed by atoms with Gasteiger partial charge in [0.05, 0.1) is 12.1 Å². The summed E-state index contributed by atoms with van der Waals surface area (Å²) in [5.74, 6) is 1.02. The van der Waals surface area contributed by atoms with Crippen LogP contribution in [0.5, 0.6) is 0 Å². The van der Waals surface area contributed by atoms with Gasteiger partial charge < -0.3 is 5.32 Å². The Kier molecular flexibility index (Phi) is 3.03. The smallest absolute Gasteiger partial charge is 0.243 e. The van der Waals surface area contributed by atoms with Gasteiger partial charge in [-0.25, -0.2) is 13.1 Å². The molecule has 8 heteroatoms. The Morgan fingerprint density at radius 2 is 1.88 bits per heavy atom. The average molecular weight is 348 g/mol. The third-order valence-corrected chi connectivity index (χ3v) is 6.85. The van der Waals surface area contributed by atoms with Crippen LogP contribution in [-0.4, -0.2) is 31.9 Å². The number of aliphatic imine (C=N–C) groups is 1. The topological polar surface area (TPSA) is 100.0 Å². The fourth-order valence-electron chi connectivity index (χ4n) is 4.22. The van der Waals surface area contributed by atoms with E-state index in [4.69, 9.17) is 0 Å². The van der Waals surface area contributed by atoms with Gasteiger partial charge in [-0.2, -0.15) is 0 Å². The Hall–Kier alpha value is -1.80. The number of benzene rings is 1. The van der Waals surface area contributed by atoms with Crippen molar-refractivity contribution in [1.29, 1.82) is 0 Å². The summed E-state index contributed by atoms with van der Waals surface area (Å²) in [4.78, 5) is 15.4. The highest BCUT2D eigenvalue weighted by atomic mass is 32.2. The van der Waals surface area contributed by atoms with E-state index in [-0.39, 0.29) is 21.5 Å². The van der Waals surface area contributed by atoms with Gasteiger partial charge >= 0.3 is 0 Å². The van der Waals surface area contributed by atoms with Crippen molar-refractivity contribution in [2.24, 2.45) is 15.6 Å². The zero-order valence-electron chi connectivity index (χ0n) is 13.7. The molecule has 1 heterocycles. The molecule has 7 nitrogen and oxygen atoms in total. The molecule has 2 bridgehead atoms. The van der Waals surface area contributed by atoms with E-state index in [1.165, 1.54) is 12.1 Å². The minimum absolute atomic E-state index is 0.00127. The standard InChI is InChI=1S/C16H20N4O3S/c1-14(2)10-17-13(18-14)15-7-16(8-15,9-15)20-24(22,23)12-6-4-3-5-11(12)19-21/h3-6,20H,7-10H2,1-2H3,(H,17,18). The minimum atomic E-state index is -3.76. The highest BCUT2D eigenvalue weighted by molar-refractivity contribution is 7.89. The van der Waals surface area contributed by atoms with E-state index in [9.17, 15) is 13.3 Å². The number of hydrogen-bond donors (Lipinski definition) is 2. The van der Waals surface area contributed by atoms with E-state index in [2.05, 4.69) is 34.1 Å². The molecular weight excluding hydrogens is 328 g/mol. The Morgan fingerprint density at radius 3 is 2.46 bits per heavy atom. The predicted molar refractivity (Wildman–Crippen MR) is 90.8 cm³/mol. The number of amidine groups is 1. The SMILES string of the molecule is CC1(C)CN=C(C23CC(NS(=O)(=O)c4ccccc4N=O)(C2)C3)N1. The first-order chi connectivity index (χ1) is 11.2. The van der Waals surface area contributed by atoms with Crippen molar-refractivity contribution in [2.75, 3.05) is 6.54 Å². The zero-order valence-corrected chi connectivity index (χ0v) is 14.5. The van der Waals surface area contributed by atoms with Gasteiger partial charge in [-0.15, -0.1) is 4.91 Å². The summed E-state index contributed by atoms with van der Waals surface area (Å²) in [5.41, 5.74) is -0.494. The average Bonchev–Trinajstić information content (AvgIpc) is 2.81. The quantitative estimate of drug-likeness (QED) is 0.796. The van der Waals surface area contributed by atoms with Crippen LogP contribution in [0.1, 0.15) is 33.1 Å². The number of sulfonamides is 1. The van der Waals surface area contributed by atoms with Crippen LogP contribution in [0.15, 0.2) is 39.3 Å². The van der Waals surface area contributed by atoms with Gasteiger partial charge in [-0.3, -0.25) is 4.99 Å². The van der Waals surface area contributed by atoms with Crippen LogP contribution in [0.4, 0.5) is 5.69 Å². The molecule has 3 fully saturated rings. The summed E-state index contributed by atoms with van der Waals surface area (Å²) >= 11 is 0. The highest BCUT2D eigenvalue weighted by Crippen LogP contribution is 2.68. The Bertz CT molecular complexity index is 840. The van der Waals surface area contributed by atoms with E-state index in [1.807, 2.05) is 0 Å². The molecular formula is C16H20N4O3S. The first-order valence-electron chi connectivity index (χ1n) is 7.99. The second-order valence-electron chi connectivity index (χ2n) is 7.93. The molecule has 2 N–H and O–H groups in total. The lowest BCUT2D eigenvalue weighted by Gasteiger charge is -2.70. The van der Waals surface area contributed by atoms with Gasteiger partial charge in [0.1, 0.15) is 16.4 Å². The number of nitroso groups, excluding NO2 is 1. The lowest BCUT2D eigenvalue weighted by Crippen LogP contribution is -2.78. The van der Waals surface area contributed by atoms with Crippen molar-refractivity contribution in [3.63, 3.8) is 0 Å². The lowest BCUT2D eigenvalue weighted by molar-refractivity contribution is -0.0864. The zero-order chi connectivity index (χ0) is 17.2. The summed E-state index contributed by atoms with van der Waals surface area (Å²) in [6.45, 7) is 4.97. The molecule has 1 aromatic rings. The van der Waals surface area contributed by atoms with E-state index < -0.39 is 15.6 Å². The van der Waals surface area contributed by atoms with Crippen molar-refractivity contribution in [2.45, 2.75) is 49.1 Å². The van der Waals surface area contributed by atoms with Crippen molar-refractivity contribution in [3.05, 3.63) is 29.2 Å². The minimum Gasteiger partial charge on any atom is -0.367 e. The monoisotopic (exact) mass is 348 g/mol. The van der Waals surface area contributed by atoms with Crippen LogP contribution in [0.3, 0.4) is 0 Å². The molecule has 5 rings (SSSR count). The van der Waals surface area contributed by atoms with Crippen molar-refractivity contribution in [1.82, 2.24) is 10.0 Å². The molecule has 4 aliphatic rings. The first kappa shape index (κ1) is 15.7. The molecule has 0 spiro atoms. The van der Waals surface area contributed by atoms with Gasteiger partial charge in [-0.05, 0) is 50.4 Å². The molecule has 24 heavy (non-hydrogen) atoms. The maximum absolute atomic E-state index is 12.6. The molecule has 3 saturated carbocycles. The van der Waals surface area contributed by atoms with Crippen LogP contribution in [-0.2, 0) is 10.0 Å². The third kappa shape index (κ3) is 2.20. The largest absolute Gasteiger partial charge is 0.367 e. The second-order valence-corrected chi connectivity index (χ2v) is 9.58. The number of rotatable bonds is 5.